The Bertz CT molecular complexity index is 484. The summed E-state index contributed by atoms with van der Waals surface area (Å²) in [6.45, 7) is 4.90. The fourth-order valence-electron chi connectivity index (χ4n) is 3.44. The highest BCUT2D eigenvalue weighted by atomic mass is 32.2. The van der Waals surface area contributed by atoms with Gasteiger partial charge < -0.3 is 10.6 Å². The van der Waals surface area contributed by atoms with E-state index in [0.717, 1.165) is 49.8 Å². The van der Waals surface area contributed by atoms with Crippen LogP contribution in [-0.2, 0) is 4.79 Å². The van der Waals surface area contributed by atoms with Gasteiger partial charge in [-0.3, -0.25) is 9.69 Å². The zero-order valence-corrected chi connectivity index (χ0v) is 14.5. The molecule has 2 aliphatic rings. The van der Waals surface area contributed by atoms with Crippen molar-refractivity contribution in [3.05, 3.63) is 35.9 Å². The number of carbonyl (C=O) groups is 1. The highest BCUT2D eigenvalue weighted by Crippen LogP contribution is 2.24. The smallest absolute Gasteiger partial charge is 0.241 e. The summed E-state index contributed by atoms with van der Waals surface area (Å²) in [6, 6.07) is 10.1. The Morgan fingerprint density at radius 1 is 1.30 bits per heavy atom. The first-order valence-corrected chi connectivity index (χ1v) is 9.85. The molecule has 23 heavy (non-hydrogen) atoms. The number of nitrogens with zero attached hydrogens (tertiary/aromatic N) is 1. The molecular weight excluding hydrogens is 306 g/mol. The Balaban J connectivity index is 1.65. The highest BCUT2D eigenvalue weighted by molar-refractivity contribution is 7.99. The summed E-state index contributed by atoms with van der Waals surface area (Å²) in [7, 11) is 0. The van der Waals surface area contributed by atoms with E-state index in [-0.39, 0.29) is 11.9 Å². The van der Waals surface area contributed by atoms with Gasteiger partial charge in [0.2, 0.25) is 5.91 Å². The first-order valence-electron chi connectivity index (χ1n) is 8.70. The molecule has 2 unspecified atom stereocenters. The monoisotopic (exact) mass is 333 g/mol. The third kappa shape index (κ3) is 4.72. The lowest BCUT2D eigenvalue weighted by atomic mass is 9.99. The van der Waals surface area contributed by atoms with Crippen molar-refractivity contribution < 1.29 is 4.79 Å². The molecular formula is C18H27N3OS. The van der Waals surface area contributed by atoms with Crippen LogP contribution >= 0.6 is 11.8 Å². The molecule has 126 valence electrons. The predicted molar refractivity (Wildman–Crippen MR) is 96.7 cm³/mol. The third-order valence-electron chi connectivity index (χ3n) is 4.74. The van der Waals surface area contributed by atoms with Gasteiger partial charge >= 0.3 is 0 Å². The van der Waals surface area contributed by atoms with E-state index in [1.54, 1.807) is 0 Å². The Labute approximate surface area is 143 Å². The number of piperidine rings is 1. The third-order valence-corrected chi connectivity index (χ3v) is 5.68. The van der Waals surface area contributed by atoms with Gasteiger partial charge in [0.05, 0.1) is 0 Å². The Kier molecular flexibility index (Phi) is 6.37. The van der Waals surface area contributed by atoms with Crippen LogP contribution in [0, 0.1) is 5.92 Å². The Hall–Kier alpha value is -1.04. The van der Waals surface area contributed by atoms with Crippen LogP contribution in [-0.4, -0.2) is 55.0 Å². The summed E-state index contributed by atoms with van der Waals surface area (Å²) in [5, 5.41) is 6.64. The molecule has 0 spiro atoms. The maximum Gasteiger partial charge on any atom is 0.241 e. The first-order chi connectivity index (χ1) is 11.3. The summed E-state index contributed by atoms with van der Waals surface area (Å²) in [6.07, 6.45) is 2.43. The minimum atomic E-state index is -0.145. The number of rotatable bonds is 5. The molecule has 2 fully saturated rings. The maximum atomic E-state index is 12.9. The predicted octanol–water partition coefficient (Wildman–Crippen LogP) is 1.89. The molecule has 2 atom stereocenters. The topological polar surface area (TPSA) is 44.4 Å². The van der Waals surface area contributed by atoms with Gasteiger partial charge in [0.1, 0.15) is 6.04 Å². The van der Waals surface area contributed by atoms with Crippen LogP contribution < -0.4 is 10.6 Å². The van der Waals surface area contributed by atoms with Gasteiger partial charge in [0.25, 0.3) is 0 Å². The molecule has 5 heteroatoms. The second-order valence-corrected chi connectivity index (χ2v) is 7.64. The summed E-state index contributed by atoms with van der Waals surface area (Å²) >= 11 is 1.98. The summed E-state index contributed by atoms with van der Waals surface area (Å²) in [5.74, 6) is 2.96. The largest absolute Gasteiger partial charge is 0.354 e. The van der Waals surface area contributed by atoms with E-state index in [1.165, 1.54) is 12.8 Å². The molecule has 3 rings (SSSR count). The van der Waals surface area contributed by atoms with Crippen molar-refractivity contribution in [1.29, 1.82) is 0 Å². The SMILES string of the molecule is O=C(NCC1CCCNC1)C(c1ccccc1)N1CCSCC1. The normalized spacial score (nSPS) is 24.1. The van der Waals surface area contributed by atoms with Gasteiger partial charge in [0, 0.05) is 31.1 Å². The standard InChI is InChI=1S/C18H27N3OS/c22-18(20-14-15-5-4-8-19-13-15)17(16-6-2-1-3-7-16)21-9-11-23-12-10-21/h1-3,6-7,15,17,19H,4-5,8-14H2,(H,20,22). The van der Waals surface area contributed by atoms with E-state index in [2.05, 4.69) is 27.7 Å². The molecule has 0 radical (unpaired) electrons. The molecule has 0 aromatic heterocycles. The zero-order chi connectivity index (χ0) is 15.9. The van der Waals surface area contributed by atoms with Crippen LogP contribution in [0.2, 0.25) is 0 Å². The van der Waals surface area contributed by atoms with Crippen LogP contribution in [0.25, 0.3) is 0 Å². The molecule has 2 saturated heterocycles. The molecule has 2 N–H and O–H groups in total. The van der Waals surface area contributed by atoms with Crippen molar-refractivity contribution in [2.45, 2.75) is 18.9 Å². The van der Waals surface area contributed by atoms with Crippen molar-refractivity contribution in [1.82, 2.24) is 15.5 Å². The second-order valence-electron chi connectivity index (χ2n) is 6.42. The molecule has 4 nitrogen and oxygen atoms in total. The average Bonchev–Trinajstić information content (AvgIpc) is 2.63. The van der Waals surface area contributed by atoms with Crippen molar-refractivity contribution in [3.63, 3.8) is 0 Å². The number of nitrogens with one attached hydrogen (secondary N) is 2. The first kappa shape index (κ1) is 16.8. The Morgan fingerprint density at radius 3 is 2.78 bits per heavy atom. The van der Waals surface area contributed by atoms with Crippen molar-refractivity contribution in [3.8, 4) is 0 Å². The zero-order valence-electron chi connectivity index (χ0n) is 13.7. The fraction of sp³-hybridized carbons (Fsp3) is 0.611. The second kappa shape index (κ2) is 8.71. The van der Waals surface area contributed by atoms with Crippen molar-refractivity contribution in [2.24, 2.45) is 5.92 Å². The molecule has 1 aromatic rings. The minimum absolute atomic E-state index is 0.145. The van der Waals surface area contributed by atoms with Crippen LogP contribution in [0.15, 0.2) is 30.3 Å². The summed E-state index contributed by atoms with van der Waals surface area (Å²) in [5.41, 5.74) is 1.11. The van der Waals surface area contributed by atoms with Gasteiger partial charge in [-0.15, -0.1) is 0 Å². The van der Waals surface area contributed by atoms with Gasteiger partial charge in [-0.25, -0.2) is 0 Å². The number of carbonyl (C=O) groups excluding carboxylic acids is 1. The molecule has 2 aliphatic heterocycles. The lowest BCUT2D eigenvalue weighted by Crippen LogP contribution is -2.46. The van der Waals surface area contributed by atoms with Gasteiger partial charge in [-0.2, -0.15) is 11.8 Å². The summed E-state index contributed by atoms with van der Waals surface area (Å²) in [4.78, 5) is 15.2. The lowest BCUT2D eigenvalue weighted by Gasteiger charge is -2.34. The van der Waals surface area contributed by atoms with Crippen LogP contribution in [0.1, 0.15) is 24.4 Å². The van der Waals surface area contributed by atoms with E-state index < -0.39 is 0 Å². The van der Waals surface area contributed by atoms with Gasteiger partial charge in [-0.05, 0) is 37.4 Å². The van der Waals surface area contributed by atoms with E-state index >= 15 is 0 Å². The van der Waals surface area contributed by atoms with Crippen molar-refractivity contribution >= 4 is 17.7 Å². The van der Waals surface area contributed by atoms with Crippen LogP contribution in [0.5, 0.6) is 0 Å². The van der Waals surface area contributed by atoms with Gasteiger partial charge in [-0.1, -0.05) is 30.3 Å². The van der Waals surface area contributed by atoms with Gasteiger partial charge in [0.15, 0.2) is 0 Å². The molecule has 1 aromatic carbocycles. The molecule has 0 bridgehead atoms. The number of hydrogen-bond acceptors (Lipinski definition) is 4. The van der Waals surface area contributed by atoms with E-state index in [4.69, 9.17) is 0 Å². The van der Waals surface area contributed by atoms with E-state index in [9.17, 15) is 4.79 Å². The van der Waals surface area contributed by atoms with Crippen LogP contribution in [0.3, 0.4) is 0 Å². The van der Waals surface area contributed by atoms with Crippen molar-refractivity contribution in [2.75, 3.05) is 44.2 Å². The number of benzene rings is 1. The maximum absolute atomic E-state index is 12.9. The Morgan fingerprint density at radius 2 is 2.09 bits per heavy atom. The van der Waals surface area contributed by atoms with E-state index in [1.807, 2.05) is 30.0 Å². The summed E-state index contributed by atoms with van der Waals surface area (Å²) < 4.78 is 0. The minimum Gasteiger partial charge on any atom is -0.354 e. The molecule has 2 heterocycles. The molecule has 1 amide bonds. The lowest BCUT2D eigenvalue weighted by molar-refractivity contribution is -0.126. The highest BCUT2D eigenvalue weighted by Gasteiger charge is 2.29. The molecule has 0 aliphatic carbocycles. The quantitative estimate of drug-likeness (QED) is 0.864. The molecule has 0 saturated carbocycles. The number of hydrogen-bond donors (Lipinski definition) is 2. The number of amides is 1. The average molecular weight is 334 g/mol. The van der Waals surface area contributed by atoms with E-state index in [0.29, 0.717) is 5.92 Å². The van der Waals surface area contributed by atoms with Crippen LogP contribution in [0.4, 0.5) is 0 Å². The fourth-order valence-corrected chi connectivity index (χ4v) is 4.37. The number of thioether (sulfide) groups is 1.